The van der Waals surface area contributed by atoms with E-state index in [1.165, 1.54) is 6.20 Å². The van der Waals surface area contributed by atoms with E-state index in [9.17, 15) is 22.8 Å². The minimum absolute atomic E-state index is 0.0231. The quantitative estimate of drug-likeness (QED) is 0.743. The Morgan fingerprint density at radius 1 is 1.19 bits per heavy atom. The van der Waals surface area contributed by atoms with Crippen molar-refractivity contribution in [3.8, 4) is 0 Å². The average Bonchev–Trinajstić information content (AvgIpc) is 3.56. The average molecular weight is 472 g/mol. The summed E-state index contributed by atoms with van der Waals surface area (Å²) in [6.45, 7) is 1.59. The van der Waals surface area contributed by atoms with Crippen LogP contribution in [0.5, 0.6) is 0 Å². The number of amides is 3. The fourth-order valence-corrected chi connectivity index (χ4v) is 4.55. The number of halogens is 4. The van der Waals surface area contributed by atoms with E-state index in [-0.39, 0.29) is 29.4 Å². The van der Waals surface area contributed by atoms with Gasteiger partial charge in [0.1, 0.15) is 5.15 Å². The fraction of sp³-hybridized carbons (Fsp3) is 0.550. The van der Waals surface area contributed by atoms with E-state index in [0.29, 0.717) is 38.2 Å². The number of pyridine rings is 1. The zero-order valence-electron chi connectivity index (χ0n) is 17.0. The topological polar surface area (TPSA) is 79.2 Å². The van der Waals surface area contributed by atoms with Crippen LogP contribution in [-0.2, 0) is 10.9 Å². The SMILES string of the molecule is O=C(c1nc2c(C(F)(F)F)cc(C3CC3)cn2c1Cl)N1CCN(C2CCOCC2)C(=O)N1. The first-order valence-electron chi connectivity index (χ1n) is 10.5. The lowest BCUT2D eigenvalue weighted by Crippen LogP contribution is -2.62. The number of nitrogens with zero attached hydrogens (tertiary/aromatic N) is 4. The Labute approximate surface area is 186 Å². The van der Waals surface area contributed by atoms with Crippen LogP contribution in [0.1, 0.15) is 53.2 Å². The molecule has 8 nitrogen and oxygen atoms in total. The molecule has 1 N–H and O–H groups in total. The third-order valence-corrected chi connectivity index (χ3v) is 6.53. The van der Waals surface area contributed by atoms with Gasteiger partial charge in [0.25, 0.3) is 5.91 Å². The van der Waals surface area contributed by atoms with Crippen molar-refractivity contribution in [2.45, 2.75) is 43.8 Å². The van der Waals surface area contributed by atoms with Gasteiger partial charge in [0, 0.05) is 32.0 Å². The van der Waals surface area contributed by atoms with E-state index in [1.807, 2.05) is 0 Å². The molecule has 32 heavy (non-hydrogen) atoms. The summed E-state index contributed by atoms with van der Waals surface area (Å²) in [7, 11) is 0. The summed E-state index contributed by atoms with van der Waals surface area (Å²) >= 11 is 6.33. The normalized spacial score (nSPS) is 20.7. The van der Waals surface area contributed by atoms with Gasteiger partial charge in [-0.05, 0) is 43.2 Å². The molecule has 0 atom stereocenters. The first-order valence-corrected chi connectivity index (χ1v) is 10.9. The Bertz CT molecular complexity index is 1080. The number of aromatic nitrogens is 2. The zero-order valence-corrected chi connectivity index (χ0v) is 17.7. The first-order chi connectivity index (χ1) is 15.2. The van der Waals surface area contributed by atoms with E-state index in [2.05, 4.69) is 10.4 Å². The molecule has 2 aliphatic heterocycles. The van der Waals surface area contributed by atoms with Crippen molar-refractivity contribution in [3.63, 3.8) is 0 Å². The van der Waals surface area contributed by atoms with Crippen molar-refractivity contribution in [2.24, 2.45) is 0 Å². The highest BCUT2D eigenvalue weighted by molar-refractivity contribution is 6.33. The van der Waals surface area contributed by atoms with Gasteiger partial charge in [0.15, 0.2) is 11.3 Å². The van der Waals surface area contributed by atoms with E-state index in [1.54, 1.807) is 4.90 Å². The van der Waals surface area contributed by atoms with Crippen molar-refractivity contribution in [1.82, 2.24) is 24.7 Å². The number of hydrogen-bond donors (Lipinski definition) is 1. The number of urea groups is 1. The molecule has 1 saturated carbocycles. The molecule has 2 saturated heterocycles. The maximum Gasteiger partial charge on any atom is 0.419 e. The van der Waals surface area contributed by atoms with Crippen molar-refractivity contribution < 1.29 is 27.5 Å². The maximum atomic E-state index is 13.7. The number of hydrogen-bond acceptors (Lipinski definition) is 4. The van der Waals surface area contributed by atoms with Gasteiger partial charge in [-0.3, -0.25) is 9.20 Å². The van der Waals surface area contributed by atoms with Gasteiger partial charge in [-0.15, -0.1) is 0 Å². The second-order valence-electron chi connectivity index (χ2n) is 8.31. The predicted octanol–water partition coefficient (Wildman–Crippen LogP) is 3.45. The molecule has 0 radical (unpaired) electrons. The molecule has 1 aliphatic carbocycles. The maximum absolute atomic E-state index is 13.7. The molecule has 0 aromatic carbocycles. The van der Waals surface area contributed by atoms with Crippen LogP contribution in [0.2, 0.25) is 5.15 Å². The van der Waals surface area contributed by atoms with Crippen molar-refractivity contribution in [1.29, 1.82) is 0 Å². The van der Waals surface area contributed by atoms with Gasteiger partial charge in [0.2, 0.25) is 0 Å². The molecule has 0 bridgehead atoms. The van der Waals surface area contributed by atoms with Crippen LogP contribution < -0.4 is 5.43 Å². The monoisotopic (exact) mass is 471 g/mol. The second-order valence-corrected chi connectivity index (χ2v) is 8.67. The molecular weight excluding hydrogens is 451 g/mol. The minimum atomic E-state index is -4.65. The summed E-state index contributed by atoms with van der Waals surface area (Å²) in [5.74, 6) is -0.699. The largest absolute Gasteiger partial charge is 0.419 e. The van der Waals surface area contributed by atoms with Crippen LogP contribution in [0.15, 0.2) is 12.3 Å². The van der Waals surface area contributed by atoms with Crippen LogP contribution in [0.25, 0.3) is 5.65 Å². The molecule has 3 amide bonds. The number of carbonyl (C=O) groups excluding carboxylic acids is 2. The van der Waals surface area contributed by atoms with Gasteiger partial charge in [0.05, 0.1) is 12.1 Å². The van der Waals surface area contributed by atoms with Crippen LogP contribution in [0.3, 0.4) is 0 Å². The van der Waals surface area contributed by atoms with Crippen LogP contribution >= 0.6 is 11.6 Å². The Balaban J connectivity index is 1.43. The summed E-state index contributed by atoms with van der Waals surface area (Å²) < 4.78 is 47.5. The third kappa shape index (κ3) is 3.77. The lowest BCUT2D eigenvalue weighted by Gasteiger charge is -2.40. The number of nitrogens with one attached hydrogen (secondary N) is 1. The predicted molar refractivity (Wildman–Crippen MR) is 107 cm³/mol. The fourth-order valence-electron chi connectivity index (χ4n) is 4.29. The first kappa shape index (κ1) is 21.3. The van der Waals surface area contributed by atoms with E-state index in [4.69, 9.17) is 16.3 Å². The Kier molecular flexibility index (Phi) is 5.20. The Hall–Kier alpha value is -2.53. The second kappa shape index (κ2) is 7.80. The molecule has 2 aromatic rings. The molecular formula is C20H21ClF3N5O3. The Morgan fingerprint density at radius 2 is 1.91 bits per heavy atom. The third-order valence-electron chi connectivity index (χ3n) is 6.17. The molecule has 172 valence electrons. The highest BCUT2D eigenvalue weighted by atomic mass is 35.5. The van der Waals surface area contributed by atoms with Crippen molar-refractivity contribution in [2.75, 3.05) is 26.3 Å². The van der Waals surface area contributed by atoms with E-state index < -0.39 is 29.3 Å². The van der Waals surface area contributed by atoms with Gasteiger partial charge in [-0.2, -0.15) is 13.2 Å². The van der Waals surface area contributed by atoms with Crippen LogP contribution in [-0.4, -0.2) is 63.6 Å². The van der Waals surface area contributed by atoms with Gasteiger partial charge < -0.3 is 9.64 Å². The molecule has 0 spiro atoms. The van der Waals surface area contributed by atoms with Crippen LogP contribution in [0.4, 0.5) is 18.0 Å². The number of carbonyl (C=O) groups is 2. The standard InChI is InChI=1S/C20H21ClF3N5O3/c21-16-15(18(30)29-6-5-27(19(31)26-29)13-3-7-32-8-4-13)25-17-14(20(22,23)24)9-12(10-28(16)17)11-1-2-11/h9-11,13H,1-8H2,(H,26,31). The van der Waals surface area contributed by atoms with Crippen molar-refractivity contribution in [3.05, 3.63) is 34.2 Å². The summed E-state index contributed by atoms with van der Waals surface area (Å²) in [6.07, 6.45) is -0.0955. The number of rotatable bonds is 3. The summed E-state index contributed by atoms with van der Waals surface area (Å²) in [5, 5.41) is 0.847. The number of hydrazine groups is 1. The lowest BCUT2D eigenvalue weighted by atomic mass is 10.1. The molecule has 0 unspecified atom stereocenters. The molecule has 4 heterocycles. The number of alkyl halides is 3. The number of imidazole rings is 1. The van der Waals surface area contributed by atoms with Crippen LogP contribution in [0, 0.1) is 0 Å². The molecule has 2 aromatic heterocycles. The number of fused-ring (bicyclic) bond motifs is 1. The van der Waals surface area contributed by atoms with Gasteiger partial charge in [-0.25, -0.2) is 20.2 Å². The molecule has 12 heteroatoms. The summed E-state index contributed by atoms with van der Waals surface area (Å²) in [6, 6.07) is 0.664. The molecule has 3 aliphatic rings. The minimum Gasteiger partial charge on any atom is -0.381 e. The highest BCUT2D eigenvalue weighted by Crippen LogP contribution is 2.43. The van der Waals surface area contributed by atoms with Gasteiger partial charge in [-0.1, -0.05) is 11.6 Å². The number of ether oxygens (including phenoxy) is 1. The van der Waals surface area contributed by atoms with Gasteiger partial charge >= 0.3 is 12.2 Å². The highest BCUT2D eigenvalue weighted by Gasteiger charge is 2.39. The molecule has 5 rings (SSSR count). The zero-order chi connectivity index (χ0) is 22.6. The Morgan fingerprint density at radius 3 is 2.53 bits per heavy atom. The smallest absolute Gasteiger partial charge is 0.381 e. The lowest BCUT2D eigenvalue weighted by molar-refractivity contribution is -0.136. The summed E-state index contributed by atoms with van der Waals surface area (Å²) in [4.78, 5) is 31.2. The molecule has 3 fully saturated rings. The summed E-state index contributed by atoms with van der Waals surface area (Å²) in [5.41, 5.74) is 1.34. The van der Waals surface area contributed by atoms with E-state index in [0.717, 1.165) is 28.3 Å². The van der Waals surface area contributed by atoms with Crippen molar-refractivity contribution >= 4 is 29.2 Å². The van der Waals surface area contributed by atoms with E-state index >= 15 is 0 Å².